The molecule has 0 bridgehead atoms. The summed E-state index contributed by atoms with van der Waals surface area (Å²) in [6.45, 7) is 11.8. The molecule has 0 heterocycles. The molecular formula is C11H23N. The minimum atomic E-state index is 0.628. The van der Waals surface area contributed by atoms with Gasteiger partial charge in [-0.05, 0) is 31.3 Å². The summed E-state index contributed by atoms with van der Waals surface area (Å²) in [7, 11) is 2.02. The van der Waals surface area contributed by atoms with Crippen molar-refractivity contribution in [2.75, 3.05) is 13.6 Å². The molecule has 0 aromatic heterocycles. The van der Waals surface area contributed by atoms with Gasteiger partial charge in [0.05, 0.1) is 0 Å². The first-order valence-corrected chi connectivity index (χ1v) is 4.94. The van der Waals surface area contributed by atoms with Crippen LogP contribution in [0.25, 0.3) is 0 Å². The predicted molar refractivity (Wildman–Crippen MR) is 56.2 cm³/mol. The second-order valence-corrected chi connectivity index (χ2v) is 3.68. The molecule has 0 saturated carbocycles. The summed E-state index contributed by atoms with van der Waals surface area (Å²) in [4.78, 5) is 0. The monoisotopic (exact) mass is 169 g/mol. The van der Waals surface area contributed by atoms with Crippen LogP contribution in [-0.2, 0) is 0 Å². The third kappa shape index (κ3) is 3.40. The summed E-state index contributed by atoms with van der Waals surface area (Å²) in [5.74, 6) is 2.14. The lowest BCUT2D eigenvalue weighted by atomic mass is 9.82. The number of rotatable bonds is 6. The molecule has 0 saturated heterocycles. The van der Waals surface area contributed by atoms with E-state index >= 15 is 0 Å². The normalized spacial score (nSPS) is 18.3. The van der Waals surface area contributed by atoms with Gasteiger partial charge in [-0.25, -0.2) is 0 Å². The smallest absolute Gasteiger partial charge is 0.00209 e. The third-order valence-electron chi connectivity index (χ3n) is 2.94. The van der Waals surface area contributed by atoms with Gasteiger partial charge in [0.15, 0.2) is 0 Å². The van der Waals surface area contributed by atoms with Gasteiger partial charge in [-0.2, -0.15) is 0 Å². The van der Waals surface area contributed by atoms with E-state index in [0.717, 1.165) is 18.4 Å². The van der Waals surface area contributed by atoms with Crippen LogP contribution in [0.3, 0.4) is 0 Å². The average molecular weight is 169 g/mol. The Balaban J connectivity index is 4.00. The summed E-state index contributed by atoms with van der Waals surface area (Å²) >= 11 is 0. The molecule has 0 aromatic rings. The lowest BCUT2D eigenvalue weighted by Gasteiger charge is -2.26. The molecule has 0 fully saturated rings. The second kappa shape index (κ2) is 6.24. The predicted octanol–water partition coefficient (Wildman–Crippen LogP) is 2.69. The van der Waals surface area contributed by atoms with Crippen LogP contribution in [0.4, 0.5) is 0 Å². The molecule has 12 heavy (non-hydrogen) atoms. The Kier molecular flexibility index (Phi) is 6.09. The molecule has 1 heteroatoms. The van der Waals surface area contributed by atoms with Crippen LogP contribution >= 0.6 is 0 Å². The Morgan fingerprint density at radius 2 is 2.00 bits per heavy atom. The van der Waals surface area contributed by atoms with E-state index in [4.69, 9.17) is 0 Å². The Hall–Kier alpha value is -0.300. The van der Waals surface area contributed by atoms with Crippen molar-refractivity contribution in [1.29, 1.82) is 0 Å². The van der Waals surface area contributed by atoms with Crippen molar-refractivity contribution < 1.29 is 0 Å². The van der Waals surface area contributed by atoms with Crippen LogP contribution in [0.2, 0.25) is 0 Å². The van der Waals surface area contributed by atoms with E-state index in [1.165, 1.54) is 6.42 Å². The van der Waals surface area contributed by atoms with Crippen LogP contribution in [0.1, 0.15) is 27.2 Å². The van der Waals surface area contributed by atoms with Gasteiger partial charge in [0.2, 0.25) is 0 Å². The van der Waals surface area contributed by atoms with Gasteiger partial charge in [-0.3, -0.25) is 0 Å². The maximum atomic E-state index is 3.84. The molecule has 0 aromatic carbocycles. The van der Waals surface area contributed by atoms with Crippen molar-refractivity contribution in [2.45, 2.75) is 27.2 Å². The molecule has 1 nitrogen and oxygen atoms in total. The topological polar surface area (TPSA) is 12.0 Å². The van der Waals surface area contributed by atoms with Gasteiger partial charge in [0.1, 0.15) is 0 Å². The van der Waals surface area contributed by atoms with E-state index in [1.807, 2.05) is 7.05 Å². The SMILES string of the molecule is C=CC(C)C(C)C(CC)CNC. The van der Waals surface area contributed by atoms with Gasteiger partial charge in [-0.15, -0.1) is 6.58 Å². The standard InChI is InChI=1S/C11H23N/c1-6-9(3)10(4)11(7-2)8-12-5/h6,9-12H,1,7-8H2,2-5H3. The minimum Gasteiger partial charge on any atom is -0.319 e. The molecular weight excluding hydrogens is 146 g/mol. The first-order chi connectivity index (χ1) is 5.67. The highest BCUT2D eigenvalue weighted by atomic mass is 14.8. The van der Waals surface area contributed by atoms with Crippen molar-refractivity contribution in [3.05, 3.63) is 12.7 Å². The van der Waals surface area contributed by atoms with E-state index in [2.05, 4.69) is 38.7 Å². The summed E-state index contributed by atoms with van der Waals surface area (Å²) in [5, 5.41) is 3.24. The molecule has 0 amide bonds. The molecule has 0 rings (SSSR count). The second-order valence-electron chi connectivity index (χ2n) is 3.68. The highest BCUT2D eigenvalue weighted by Crippen LogP contribution is 2.23. The Bertz CT molecular complexity index is 120. The summed E-state index contributed by atoms with van der Waals surface area (Å²) in [6, 6.07) is 0. The van der Waals surface area contributed by atoms with Crippen molar-refractivity contribution in [1.82, 2.24) is 5.32 Å². The first kappa shape index (κ1) is 11.7. The average Bonchev–Trinajstić information content (AvgIpc) is 2.11. The molecule has 0 aliphatic heterocycles. The van der Waals surface area contributed by atoms with Gasteiger partial charge in [0.25, 0.3) is 0 Å². The fourth-order valence-corrected chi connectivity index (χ4v) is 1.61. The van der Waals surface area contributed by atoms with Crippen LogP contribution in [0.15, 0.2) is 12.7 Å². The van der Waals surface area contributed by atoms with Crippen molar-refractivity contribution in [2.24, 2.45) is 17.8 Å². The first-order valence-electron chi connectivity index (χ1n) is 4.94. The lowest BCUT2D eigenvalue weighted by Crippen LogP contribution is -2.26. The van der Waals surface area contributed by atoms with E-state index in [1.54, 1.807) is 0 Å². The maximum Gasteiger partial charge on any atom is -0.00209 e. The number of hydrogen-bond acceptors (Lipinski definition) is 1. The zero-order valence-corrected chi connectivity index (χ0v) is 8.93. The van der Waals surface area contributed by atoms with Crippen LogP contribution in [-0.4, -0.2) is 13.6 Å². The highest BCUT2D eigenvalue weighted by molar-refractivity contribution is 4.83. The summed E-state index contributed by atoms with van der Waals surface area (Å²) < 4.78 is 0. The van der Waals surface area contributed by atoms with E-state index in [9.17, 15) is 0 Å². The number of nitrogens with one attached hydrogen (secondary N) is 1. The molecule has 0 aliphatic rings. The highest BCUT2D eigenvalue weighted by Gasteiger charge is 2.18. The summed E-state index contributed by atoms with van der Waals surface area (Å²) in [6.07, 6.45) is 3.31. The van der Waals surface area contributed by atoms with Crippen LogP contribution in [0.5, 0.6) is 0 Å². The third-order valence-corrected chi connectivity index (χ3v) is 2.94. The molecule has 3 unspecified atom stereocenters. The number of allylic oxidation sites excluding steroid dienone is 1. The molecule has 72 valence electrons. The van der Waals surface area contributed by atoms with Gasteiger partial charge in [-0.1, -0.05) is 33.3 Å². The zero-order valence-electron chi connectivity index (χ0n) is 8.93. The molecule has 0 aliphatic carbocycles. The molecule has 3 atom stereocenters. The Morgan fingerprint density at radius 3 is 2.33 bits per heavy atom. The quantitative estimate of drug-likeness (QED) is 0.603. The fourth-order valence-electron chi connectivity index (χ4n) is 1.61. The van der Waals surface area contributed by atoms with Gasteiger partial charge >= 0.3 is 0 Å². The summed E-state index contributed by atoms with van der Waals surface area (Å²) in [5.41, 5.74) is 0. The minimum absolute atomic E-state index is 0.628. The Labute approximate surface area is 77.2 Å². The maximum absolute atomic E-state index is 3.84. The van der Waals surface area contributed by atoms with E-state index < -0.39 is 0 Å². The van der Waals surface area contributed by atoms with Crippen molar-refractivity contribution in [3.63, 3.8) is 0 Å². The van der Waals surface area contributed by atoms with Crippen LogP contribution < -0.4 is 5.32 Å². The number of hydrogen-bond donors (Lipinski definition) is 1. The van der Waals surface area contributed by atoms with Crippen molar-refractivity contribution >= 4 is 0 Å². The lowest BCUT2D eigenvalue weighted by molar-refractivity contribution is 0.284. The van der Waals surface area contributed by atoms with Crippen molar-refractivity contribution in [3.8, 4) is 0 Å². The van der Waals surface area contributed by atoms with E-state index in [0.29, 0.717) is 5.92 Å². The molecule has 0 radical (unpaired) electrons. The Morgan fingerprint density at radius 1 is 1.42 bits per heavy atom. The van der Waals surface area contributed by atoms with Gasteiger partial charge in [0, 0.05) is 0 Å². The van der Waals surface area contributed by atoms with Gasteiger partial charge < -0.3 is 5.32 Å². The fraction of sp³-hybridized carbons (Fsp3) is 0.818. The molecule has 0 spiro atoms. The zero-order chi connectivity index (χ0) is 9.56. The van der Waals surface area contributed by atoms with Crippen LogP contribution in [0, 0.1) is 17.8 Å². The van der Waals surface area contributed by atoms with E-state index in [-0.39, 0.29) is 0 Å². The molecule has 1 N–H and O–H groups in total. The largest absolute Gasteiger partial charge is 0.319 e.